The first-order valence-corrected chi connectivity index (χ1v) is 9.47. The van der Waals surface area contributed by atoms with Crippen molar-refractivity contribution < 1.29 is 9.59 Å². The van der Waals surface area contributed by atoms with Crippen LogP contribution >= 0.6 is 23.8 Å². The van der Waals surface area contributed by atoms with Gasteiger partial charge in [0.25, 0.3) is 0 Å². The smallest absolute Gasteiger partial charge is 0.250 e. The molecule has 2 amide bonds. The second kappa shape index (κ2) is 10.6. The van der Waals surface area contributed by atoms with E-state index in [0.29, 0.717) is 17.9 Å². The molecule has 5 nitrogen and oxygen atoms in total. The van der Waals surface area contributed by atoms with Crippen molar-refractivity contribution in [2.75, 3.05) is 19.4 Å². The molecule has 146 valence electrons. The predicted molar refractivity (Wildman–Crippen MR) is 118 cm³/mol. The molecule has 0 spiro atoms. The van der Waals surface area contributed by atoms with Crippen molar-refractivity contribution in [1.29, 1.82) is 0 Å². The van der Waals surface area contributed by atoms with Crippen LogP contribution in [0, 0.1) is 0 Å². The van der Waals surface area contributed by atoms with Gasteiger partial charge >= 0.3 is 0 Å². The quantitative estimate of drug-likeness (QED) is 0.555. The Morgan fingerprint density at radius 1 is 1.07 bits per heavy atom. The molecule has 0 aliphatic heterocycles. The van der Waals surface area contributed by atoms with E-state index in [-0.39, 0.29) is 16.9 Å². The molecule has 2 aromatic rings. The van der Waals surface area contributed by atoms with E-state index < -0.39 is 0 Å². The lowest BCUT2D eigenvalue weighted by Gasteiger charge is -2.11. The summed E-state index contributed by atoms with van der Waals surface area (Å²) in [5, 5.41) is 6.41. The van der Waals surface area contributed by atoms with Crippen LogP contribution in [0.15, 0.2) is 54.6 Å². The molecule has 0 unspecified atom stereocenters. The number of benzene rings is 2. The van der Waals surface area contributed by atoms with E-state index in [1.54, 1.807) is 37.2 Å². The van der Waals surface area contributed by atoms with Crippen molar-refractivity contribution in [3.05, 3.63) is 70.8 Å². The fourth-order valence-corrected chi connectivity index (χ4v) is 2.64. The van der Waals surface area contributed by atoms with E-state index in [2.05, 4.69) is 10.6 Å². The van der Waals surface area contributed by atoms with Gasteiger partial charge in [0.15, 0.2) is 5.11 Å². The Kier molecular flexibility index (Phi) is 8.17. The maximum Gasteiger partial charge on any atom is 0.250 e. The number of hydrogen-bond acceptors (Lipinski definition) is 3. The Bertz CT molecular complexity index is 862. The fourth-order valence-electron chi connectivity index (χ4n) is 2.29. The van der Waals surface area contributed by atoms with E-state index in [9.17, 15) is 9.59 Å². The molecule has 0 saturated carbocycles. The highest BCUT2D eigenvalue weighted by atomic mass is 35.5. The van der Waals surface area contributed by atoms with Crippen molar-refractivity contribution >= 4 is 52.5 Å². The van der Waals surface area contributed by atoms with Crippen LogP contribution in [0.2, 0.25) is 5.02 Å². The molecule has 0 bridgehead atoms. The van der Waals surface area contributed by atoms with Crippen LogP contribution < -0.4 is 10.6 Å². The van der Waals surface area contributed by atoms with Crippen LogP contribution in [0.4, 0.5) is 5.69 Å². The standard InChI is InChI=1S/C21H22ClN3O2S/c1-25(2)20(27)14-8-16-5-11-18(12-6-16)23-21(28)24-19(26)13-7-15-3-9-17(22)10-4-15/h3-7,9-13H,8,14H2,1-2H3,(H2,23,24,26,28)/b13-7+. The third-order valence-electron chi connectivity index (χ3n) is 3.87. The first kappa shape index (κ1) is 21.6. The fraction of sp³-hybridized carbons (Fsp3) is 0.190. The Labute approximate surface area is 175 Å². The Morgan fingerprint density at radius 2 is 1.71 bits per heavy atom. The van der Waals surface area contributed by atoms with Crippen LogP contribution in [0.3, 0.4) is 0 Å². The zero-order chi connectivity index (χ0) is 20.5. The number of anilines is 1. The highest BCUT2D eigenvalue weighted by Crippen LogP contribution is 2.12. The number of nitrogens with one attached hydrogen (secondary N) is 2. The molecule has 0 radical (unpaired) electrons. The van der Waals surface area contributed by atoms with Crippen molar-refractivity contribution in [3.63, 3.8) is 0 Å². The highest BCUT2D eigenvalue weighted by Gasteiger charge is 2.05. The lowest BCUT2D eigenvalue weighted by molar-refractivity contribution is -0.128. The minimum absolute atomic E-state index is 0.0951. The van der Waals surface area contributed by atoms with Crippen molar-refractivity contribution in [2.24, 2.45) is 0 Å². The summed E-state index contributed by atoms with van der Waals surface area (Å²) in [5.41, 5.74) is 2.68. The van der Waals surface area contributed by atoms with Gasteiger partial charge in [-0.05, 0) is 60.1 Å². The average Bonchev–Trinajstić information content (AvgIpc) is 2.66. The molecular formula is C21H22ClN3O2S. The molecule has 28 heavy (non-hydrogen) atoms. The number of rotatable bonds is 6. The lowest BCUT2D eigenvalue weighted by Crippen LogP contribution is -2.32. The van der Waals surface area contributed by atoms with E-state index in [1.165, 1.54) is 6.08 Å². The number of aryl methyl sites for hydroxylation is 1. The number of amides is 2. The van der Waals surface area contributed by atoms with Gasteiger partial charge < -0.3 is 10.2 Å². The van der Waals surface area contributed by atoms with Gasteiger partial charge in [0.2, 0.25) is 11.8 Å². The Hall–Kier alpha value is -2.70. The van der Waals surface area contributed by atoms with E-state index in [0.717, 1.165) is 16.8 Å². The number of thiocarbonyl (C=S) groups is 1. The zero-order valence-electron chi connectivity index (χ0n) is 15.7. The van der Waals surface area contributed by atoms with E-state index in [4.69, 9.17) is 23.8 Å². The summed E-state index contributed by atoms with van der Waals surface area (Å²) in [6, 6.07) is 14.7. The number of hydrogen-bond donors (Lipinski definition) is 2. The molecule has 0 aliphatic rings. The topological polar surface area (TPSA) is 61.4 Å². The minimum atomic E-state index is -0.328. The molecule has 0 aliphatic carbocycles. The molecular weight excluding hydrogens is 394 g/mol. The predicted octanol–water partition coefficient (Wildman–Crippen LogP) is 3.89. The Balaban J connectivity index is 1.81. The van der Waals surface area contributed by atoms with Gasteiger partial charge in [-0.1, -0.05) is 35.9 Å². The van der Waals surface area contributed by atoms with E-state index >= 15 is 0 Å². The SMILES string of the molecule is CN(C)C(=O)CCc1ccc(NC(=S)NC(=O)/C=C/c2ccc(Cl)cc2)cc1. The molecule has 2 N–H and O–H groups in total. The monoisotopic (exact) mass is 415 g/mol. The normalized spacial score (nSPS) is 10.5. The summed E-state index contributed by atoms with van der Waals surface area (Å²) < 4.78 is 0. The molecule has 0 fully saturated rings. The first-order chi connectivity index (χ1) is 13.3. The van der Waals surface area contributed by atoms with Gasteiger partial charge in [0.05, 0.1) is 0 Å². The summed E-state index contributed by atoms with van der Waals surface area (Å²) in [6.45, 7) is 0. The first-order valence-electron chi connectivity index (χ1n) is 8.68. The van der Waals surface area contributed by atoms with Gasteiger partial charge in [0.1, 0.15) is 0 Å². The maximum atomic E-state index is 12.0. The largest absolute Gasteiger partial charge is 0.349 e. The van der Waals surface area contributed by atoms with Gasteiger partial charge in [-0.15, -0.1) is 0 Å². The lowest BCUT2D eigenvalue weighted by atomic mass is 10.1. The molecule has 2 rings (SSSR count). The van der Waals surface area contributed by atoms with Crippen LogP contribution in [-0.2, 0) is 16.0 Å². The Morgan fingerprint density at radius 3 is 2.32 bits per heavy atom. The highest BCUT2D eigenvalue weighted by molar-refractivity contribution is 7.80. The summed E-state index contributed by atoms with van der Waals surface area (Å²) >= 11 is 11.0. The number of carbonyl (C=O) groups excluding carboxylic acids is 2. The van der Waals surface area contributed by atoms with Crippen LogP contribution in [0.1, 0.15) is 17.5 Å². The van der Waals surface area contributed by atoms with Gasteiger partial charge in [0, 0.05) is 37.3 Å². The number of halogens is 1. The van der Waals surface area contributed by atoms with Gasteiger partial charge in [-0.2, -0.15) is 0 Å². The molecule has 0 heterocycles. The van der Waals surface area contributed by atoms with Crippen LogP contribution in [0.5, 0.6) is 0 Å². The minimum Gasteiger partial charge on any atom is -0.349 e. The summed E-state index contributed by atoms with van der Waals surface area (Å²) in [4.78, 5) is 25.2. The molecule has 0 aromatic heterocycles. The molecule has 0 saturated heterocycles. The summed E-state index contributed by atoms with van der Waals surface area (Å²) in [6.07, 6.45) is 4.22. The number of nitrogens with zero attached hydrogens (tertiary/aromatic N) is 1. The molecule has 7 heteroatoms. The molecule has 2 aromatic carbocycles. The third-order valence-corrected chi connectivity index (χ3v) is 4.33. The van der Waals surface area contributed by atoms with E-state index in [1.807, 2.05) is 36.4 Å². The second-order valence-electron chi connectivity index (χ2n) is 6.31. The third kappa shape index (κ3) is 7.50. The summed E-state index contributed by atoms with van der Waals surface area (Å²) in [5.74, 6) is -0.232. The maximum absolute atomic E-state index is 12.0. The zero-order valence-corrected chi connectivity index (χ0v) is 17.3. The average molecular weight is 416 g/mol. The van der Waals surface area contributed by atoms with Crippen LogP contribution in [-0.4, -0.2) is 35.9 Å². The van der Waals surface area contributed by atoms with Crippen molar-refractivity contribution in [3.8, 4) is 0 Å². The molecule has 0 atom stereocenters. The van der Waals surface area contributed by atoms with Crippen molar-refractivity contribution in [2.45, 2.75) is 12.8 Å². The van der Waals surface area contributed by atoms with Crippen molar-refractivity contribution in [1.82, 2.24) is 10.2 Å². The van der Waals surface area contributed by atoms with Crippen LogP contribution in [0.25, 0.3) is 6.08 Å². The second-order valence-corrected chi connectivity index (χ2v) is 7.16. The van der Waals surface area contributed by atoms with Gasteiger partial charge in [-0.25, -0.2) is 0 Å². The van der Waals surface area contributed by atoms with Gasteiger partial charge in [-0.3, -0.25) is 14.9 Å². The number of carbonyl (C=O) groups is 2. The summed E-state index contributed by atoms with van der Waals surface area (Å²) in [7, 11) is 3.49.